The van der Waals surface area contributed by atoms with Gasteiger partial charge in [-0.05, 0) is 17.7 Å². The van der Waals surface area contributed by atoms with Crippen molar-refractivity contribution >= 4 is 21.9 Å². The number of methoxy groups -OCH3 is 1. The smallest absolute Gasteiger partial charge is 0.343 e. The SMILES string of the molecule is COC(=O)c1conc1C(O)c1ccc(Br)cc1. The highest BCUT2D eigenvalue weighted by Gasteiger charge is 2.23. The van der Waals surface area contributed by atoms with E-state index in [2.05, 4.69) is 25.8 Å². The van der Waals surface area contributed by atoms with Gasteiger partial charge in [0.05, 0.1) is 7.11 Å². The highest BCUT2D eigenvalue weighted by Crippen LogP contribution is 2.25. The first kappa shape index (κ1) is 12.8. The van der Waals surface area contributed by atoms with E-state index in [1.165, 1.54) is 7.11 Å². The molecular formula is C12H10BrNO4. The average molecular weight is 312 g/mol. The standard InChI is InChI=1S/C12H10BrNO4/c1-17-12(16)9-6-18-14-10(9)11(15)7-2-4-8(13)5-3-7/h2-6,11,15H,1H3. The summed E-state index contributed by atoms with van der Waals surface area (Å²) in [7, 11) is 1.26. The van der Waals surface area contributed by atoms with Crippen LogP contribution in [0.3, 0.4) is 0 Å². The predicted molar refractivity (Wildman–Crippen MR) is 66.0 cm³/mol. The van der Waals surface area contributed by atoms with E-state index in [1.54, 1.807) is 24.3 Å². The molecule has 0 spiro atoms. The molecule has 18 heavy (non-hydrogen) atoms. The number of hydrogen-bond donors (Lipinski definition) is 1. The van der Waals surface area contributed by atoms with E-state index in [0.717, 1.165) is 10.7 Å². The van der Waals surface area contributed by atoms with Crippen molar-refractivity contribution in [3.8, 4) is 0 Å². The maximum atomic E-state index is 11.4. The number of aliphatic hydroxyl groups is 1. The Balaban J connectivity index is 2.34. The molecule has 94 valence electrons. The molecule has 1 unspecified atom stereocenters. The molecular weight excluding hydrogens is 302 g/mol. The van der Waals surface area contributed by atoms with E-state index in [4.69, 9.17) is 4.52 Å². The Hall–Kier alpha value is -1.66. The van der Waals surface area contributed by atoms with E-state index in [9.17, 15) is 9.90 Å². The molecule has 1 atom stereocenters. The van der Waals surface area contributed by atoms with E-state index in [0.29, 0.717) is 5.56 Å². The average Bonchev–Trinajstić information content (AvgIpc) is 2.87. The number of rotatable bonds is 3. The monoisotopic (exact) mass is 311 g/mol. The van der Waals surface area contributed by atoms with Crippen molar-refractivity contribution in [2.45, 2.75) is 6.10 Å². The van der Waals surface area contributed by atoms with Crippen LogP contribution in [0.15, 0.2) is 39.5 Å². The Bertz CT molecular complexity index is 549. The zero-order valence-corrected chi connectivity index (χ0v) is 11.0. The number of benzene rings is 1. The summed E-state index contributed by atoms with van der Waals surface area (Å²) in [5.74, 6) is -0.595. The van der Waals surface area contributed by atoms with E-state index in [1.807, 2.05) is 0 Å². The van der Waals surface area contributed by atoms with Crippen molar-refractivity contribution < 1.29 is 19.2 Å². The molecule has 0 fully saturated rings. The van der Waals surface area contributed by atoms with Gasteiger partial charge >= 0.3 is 5.97 Å². The molecule has 5 nitrogen and oxygen atoms in total. The summed E-state index contributed by atoms with van der Waals surface area (Å²) in [4.78, 5) is 11.4. The van der Waals surface area contributed by atoms with Crippen LogP contribution in [0, 0.1) is 0 Å². The number of ether oxygens (including phenoxy) is 1. The van der Waals surface area contributed by atoms with Crippen LogP contribution in [0.4, 0.5) is 0 Å². The Kier molecular flexibility index (Phi) is 3.78. The highest BCUT2D eigenvalue weighted by molar-refractivity contribution is 9.10. The van der Waals surface area contributed by atoms with Crippen LogP contribution in [0.2, 0.25) is 0 Å². The number of carbonyl (C=O) groups is 1. The first-order valence-corrected chi connectivity index (χ1v) is 5.89. The third-order valence-electron chi connectivity index (χ3n) is 2.45. The van der Waals surface area contributed by atoms with Crippen LogP contribution < -0.4 is 0 Å². The van der Waals surface area contributed by atoms with Gasteiger partial charge in [-0.1, -0.05) is 33.2 Å². The second-order valence-electron chi connectivity index (χ2n) is 3.56. The van der Waals surface area contributed by atoms with Crippen molar-refractivity contribution in [2.24, 2.45) is 0 Å². The van der Waals surface area contributed by atoms with E-state index < -0.39 is 12.1 Å². The minimum Gasteiger partial charge on any atom is -0.465 e. The van der Waals surface area contributed by atoms with Gasteiger partial charge in [0.25, 0.3) is 0 Å². The van der Waals surface area contributed by atoms with Crippen LogP contribution in [0.1, 0.15) is 27.7 Å². The topological polar surface area (TPSA) is 72.6 Å². The van der Waals surface area contributed by atoms with Gasteiger partial charge in [0.1, 0.15) is 23.6 Å². The van der Waals surface area contributed by atoms with Gasteiger partial charge in [0, 0.05) is 4.47 Å². The maximum absolute atomic E-state index is 11.4. The molecule has 1 aromatic carbocycles. The van der Waals surface area contributed by atoms with Gasteiger partial charge in [-0.25, -0.2) is 4.79 Å². The molecule has 1 heterocycles. The Morgan fingerprint density at radius 2 is 2.11 bits per heavy atom. The van der Waals surface area contributed by atoms with Gasteiger partial charge in [-0.3, -0.25) is 0 Å². The van der Waals surface area contributed by atoms with Gasteiger partial charge in [0.2, 0.25) is 0 Å². The Labute approximate surface area is 111 Å². The second-order valence-corrected chi connectivity index (χ2v) is 4.47. The van der Waals surface area contributed by atoms with Crippen molar-refractivity contribution in [1.29, 1.82) is 0 Å². The summed E-state index contributed by atoms with van der Waals surface area (Å²) in [5.41, 5.74) is 0.870. The normalized spacial score (nSPS) is 12.2. The fraction of sp³-hybridized carbons (Fsp3) is 0.167. The first-order valence-electron chi connectivity index (χ1n) is 5.09. The molecule has 0 bridgehead atoms. The molecule has 6 heteroatoms. The lowest BCUT2D eigenvalue weighted by molar-refractivity contribution is 0.0595. The third kappa shape index (κ3) is 2.44. The van der Waals surface area contributed by atoms with E-state index >= 15 is 0 Å². The Morgan fingerprint density at radius 3 is 2.72 bits per heavy atom. The maximum Gasteiger partial charge on any atom is 0.343 e. The molecule has 0 saturated heterocycles. The fourth-order valence-corrected chi connectivity index (χ4v) is 1.77. The highest BCUT2D eigenvalue weighted by atomic mass is 79.9. The van der Waals surface area contributed by atoms with Crippen LogP contribution >= 0.6 is 15.9 Å². The summed E-state index contributed by atoms with van der Waals surface area (Å²) in [5, 5.41) is 13.8. The number of halogens is 1. The Morgan fingerprint density at radius 1 is 1.44 bits per heavy atom. The number of nitrogens with zero attached hydrogens (tertiary/aromatic N) is 1. The van der Waals surface area contributed by atoms with Crippen molar-refractivity contribution in [3.05, 3.63) is 51.8 Å². The number of hydrogen-bond acceptors (Lipinski definition) is 5. The van der Waals surface area contributed by atoms with Crippen molar-refractivity contribution in [2.75, 3.05) is 7.11 Å². The molecule has 0 aliphatic heterocycles. The third-order valence-corrected chi connectivity index (χ3v) is 2.98. The minimum absolute atomic E-state index is 0.118. The van der Waals surface area contributed by atoms with Gasteiger partial charge in [-0.2, -0.15) is 0 Å². The van der Waals surface area contributed by atoms with Gasteiger partial charge in [-0.15, -0.1) is 0 Å². The molecule has 0 aliphatic rings. The van der Waals surface area contributed by atoms with Crippen molar-refractivity contribution in [3.63, 3.8) is 0 Å². The zero-order valence-electron chi connectivity index (χ0n) is 9.46. The number of carbonyl (C=O) groups excluding carboxylic acids is 1. The fourth-order valence-electron chi connectivity index (χ4n) is 1.51. The van der Waals surface area contributed by atoms with Crippen molar-refractivity contribution in [1.82, 2.24) is 5.16 Å². The summed E-state index contributed by atoms with van der Waals surface area (Å²) >= 11 is 3.30. The molecule has 0 aliphatic carbocycles. The van der Waals surface area contributed by atoms with E-state index in [-0.39, 0.29) is 11.3 Å². The lowest BCUT2D eigenvalue weighted by atomic mass is 10.0. The second kappa shape index (κ2) is 5.32. The molecule has 1 aromatic heterocycles. The molecule has 1 N–H and O–H groups in total. The predicted octanol–water partition coefficient (Wildman–Crippen LogP) is 2.31. The summed E-state index contributed by atoms with van der Waals surface area (Å²) in [6.45, 7) is 0. The van der Waals surface area contributed by atoms with Crippen LogP contribution in [-0.2, 0) is 4.74 Å². The first-order chi connectivity index (χ1) is 8.63. The largest absolute Gasteiger partial charge is 0.465 e. The summed E-state index contributed by atoms with van der Waals surface area (Å²) in [6.07, 6.45) is 0.120. The zero-order chi connectivity index (χ0) is 13.1. The van der Waals surface area contributed by atoms with Crippen LogP contribution in [-0.4, -0.2) is 23.3 Å². The van der Waals surface area contributed by atoms with Gasteiger partial charge in [0.15, 0.2) is 0 Å². The lowest BCUT2D eigenvalue weighted by Crippen LogP contribution is -2.08. The van der Waals surface area contributed by atoms with Gasteiger partial charge < -0.3 is 14.4 Å². The quantitative estimate of drug-likeness (QED) is 0.881. The van der Waals surface area contributed by atoms with Crippen LogP contribution in [0.25, 0.3) is 0 Å². The number of esters is 1. The molecule has 0 amide bonds. The number of aromatic nitrogens is 1. The number of aliphatic hydroxyl groups excluding tert-OH is 1. The molecule has 2 rings (SSSR count). The van der Waals surface area contributed by atoms with Crippen LogP contribution in [0.5, 0.6) is 0 Å². The summed E-state index contributed by atoms with van der Waals surface area (Å²) < 4.78 is 10.2. The minimum atomic E-state index is -1.04. The summed E-state index contributed by atoms with van der Waals surface area (Å²) in [6, 6.07) is 7.03. The molecule has 0 radical (unpaired) electrons. The molecule has 2 aromatic rings. The molecule has 0 saturated carbocycles. The lowest BCUT2D eigenvalue weighted by Gasteiger charge is -2.09.